The largest absolute Gasteiger partial charge is 0.319 e. The van der Waals surface area contributed by atoms with Crippen LogP contribution in [0.1, 0.15) is 10.4 Å². The molecule has 0 saturated heterocycles. The van der Waals surface area contributed by atoms with Crippen LogP contribution in [-0.2, 0) is 0 Å². The van der Waals surface area contributed by atoms with Crippen molar-refractivity contribution >= 4 is 46.4 Å². The van der Waals surface area contributed by atoms with Crippen molar-refractivity contribution in [1.29, 1.82) is 0 Å². The Labute approximate surface area is 119 Å². The number of nitrogens with one attached hydrogen (secondary N) is 1. The molecule has 92 valence electrons. The number of amides is 1. The molecule has 0 atom stereocenters. The molecule has 6 heteroatoms. The molecule has 1 amide bonds. The van der Waals surface area contributed by atoms with E-state index in [-0.39, 0.29) is 5.56 Å². The van der Waals surface area contributed by atoms with Crippen LogP contribution in [0.2, 0.25) is 15.1 Å². The van der Waals surface area contributed by atoms with Crippen molar-refractivity contribution in [3.8, 4) is 0 Å². The summed E-state index contributed by atoms with van der Waals surface area (Å²) in [6.07, 6.45) is 2.99. The van der Waals surface area contributed by atoms with Gasteiger partial charge in [0.15, 0.2) is 0 Å². The van der Waals surface area contributed by atoms with E-state index in [2.05, 4.69) is 10.3 Å². The number of pyridine rings is 1. The number of hydrogen-bond acceptors (Lipinski definition) is 2. The average molecular weight is 302 g/mol. The van der Waals surface area contributed by atoms with Crippen molar-refractivity contribution in [2.75, 3.05) is 5.32 Å². The summed E-state index contributed by atoms with van der Waals surface area (Å²) in [5.41, 5.74) is 0.698. The predicted molar refractivity (Wildman–Crippen MR) is 73.7 cm³/mol. The molecule has 0 fully saturated rings. The summed E-state index contributed by atoms with van der Waals surface area (Å²) in [6.45, 7) is 0. The van der Waals surface area contributed by atoms with E-state index in [0.717, 1.165) is 0 Å². The van der Waals surface area contributed by atoms with Gasteiger partial charge in [0.2, 0.25) is 0 Å². The Balaban J connectivity index is 2.28. The van der Waals surface area contributed by atoms with E-state index in [1.54, 1.807) is 18.2 Å². The zero-order chi connectivity index (χ0) is 13.1. The predicted octanol–water partition coefficient (Wildman–Crippen LogP) is 4.29. The van der Waals surface area contributed by atoms with E-state index >= 15 is 0 Å². The van der Waals surface area contributed by atoms with E-state index in [0.29, 0.717) is 20.8 Å². The van der Waals surface area contributed by atoms with Crippen molar-refractivity contribution in [2.24, 2.45) is 0 Å². The maximum atomic E-state index is 12.0. The van der Waals surface area contributed by atoms with E-state index < -0.39 is 5.91 Å². The van der Waals surface area contributed by atoms with E-state index in [4.69, 9.17) is 34.8 Å². The topological polar surface area (TPSA) is 42.0 Å². The Bertz CT molecular complexity index is 602. The van der Waals surface area contributed by atoms with Gasteiger partial charge in [-0.3, -0.25) is 9.78 Å². The number of halogens is 3. The first-order valence-corrected chi connectivity index (χ1v) is 6.07. The fourth-order valence-electron chi connectivity index (χ4n) is 1.33. The van der Waals surface area contributed by atoms with Gasteiger partial charge in [-0.05, 0) is 24.3 Å². The van der Waals surface area contributed by atoms with Gasteiger partial charge in [0.25, 0.3) is 5.91 Å². The number of benzene rings is 1. The smallest absolute Gasteiger partial charge is 0.257 e. The summed E-state index contributed by atoms with van der Waals surface area (Å²) in [4.78, 5) is 15.9. The Morgan fingerprint density at radius 2 is 1.89 bits per heavy atom. The summed E-state index contributed by atoms with van der Waals surface area (Å²) in [7, 11) is 0. The highest BCUT2D eigenvalue weighted by atomic mass is 35.5. The second-order valence-electron chi connectivity index (χ2n) is 3.43. The van der Waals surface area contributed by atoms with Gasteiger partial charge in [-0.15, -0.1) is 0 Å². The zero-order valence-electron chi connectivity index (χ0n) is 8.95. The molecular weight excluding hydrogens is 295 g/mol. The number of hydrogen-bond donors (Lipinski definition) is 1. The molecule has 0 radical (unpaired) electrons. The number of rotatable bonds is 2. The third-order valence-electron chi connectivity index (χ3n) is 2.19. The molecule has 0 saturated carbocycles. The molecule has 3 nitrogen and oxygen atoms in total. The normalized spacial score (nSPS) is 10.2. The first-order chi connectivity index (χ1) is 8.58. The summed E-state index contributed by atoms with van der Waals surface area (Å²) in [6, 6.07) is 6.24. The van der Waals surface area contributed by atoms with Crippen molar-refractivity contribution < 1.29 is 4.79 Å². The van der Waals surface area contributed by atoms with Crippen LogP contribution < -0.4 is 5.32 Å². The van der Waals surface area contributed by atoms with E-state index in [1.807, 2.05) is 0 Å². The lowest BCUT2D eigenvalue weighted by Gasteiger charge is -2.08. The van der Waals surface area contributed by atoms with Crippen LogP contribution in [0.3, 0.4) is 0 Å². The molecule has 0 bridgehead atoms. The molecule has 0 spiro atoms. The number of carbonyl (C=O) groups is 1. The van der Waals surface area contributed by atoms with Crippen molar-refractivity contribution in [2.45, 2.75) is 0 Å². The van der Waals surface area contributed by atoms with Gasteiger partial charge >= 0.3 is 0 Å². The van der Waals surface area contributed by atoms with Crippen molar-refractivity contribution in [1.82, 2.24) is 4.98 Å². The maximum Gasteiger partial charge on any atom is 0.257 e. The number of nitrogens with zero attached hydrogens (tertiary/aromatic N) is 1. The first kappa shape index (κ1) is 13.1. The maximum absolute atomic E-state index is 12.0. The number of anilines is 1. The lowest BCUT2D eigenvalue weighted by Crippen LogP contribution is -2.13. The quantitative estimate of drug-likeness (QED) is 0.899. The lowest BCUT2D eigenvalue weighted by molar-refractivity contribution is 0.102. The van der Waals surface area contributed by atoms with E-state index in [1.165, 1.54) is 18.5 Å². The Morgan fingerprint density at radius 3 is 2.61 bits per heavy atom. The Hall–Kier alpha value is -1.29. The average Bonchev–Trinajstić information content (AvgIpc) is 2.35. The standard InChI is InChI=1S/C12H7Cl3N2O/c13-7-1-2-9(14)8(5-7)12(18)17-11-6-16-4-3-10(11)15/h1-6H,(H,17,18). The molecule has 1 aromatic carbocycles. The highest BCUT2D eigenvalue weighted by molar-refractivity contribution is 6.37. The van der Waals surface area contributed by atoms with Gasteiger partial charge in [-0.1, -0.05) is 34.8 Å². The summed E-state index contributed by atoms with van der Waals surface area (Å²) in [5.74, 6) is -0.391. The van der Waals surface area contributed by atoms with Crippen molar-refractivity contribution in [3.05, 3.63) is 57.3 Å². The molecule has 2 aromatic rings. The minimum atomic E-state index is -0.391. The molecule has 1 heterocycles. The SMILES string of the molecule is O=C(Nc1cnccc1Cl)c1cc(Cl)ccc1Cl. The van der Waals surface area contributed by atoms with Crippen molar-refractivity contribution in [3.63, 3.8) is 0 Å². The van der Waals surface area contributed by atoms with Gasteiger partial charge < -0.3 is 5.32 Å². The minimum absolute atomic E-state index is 0.282. The van der Waals surface area contributed by atoms with Crippen LogP contribution in [0, 0.1) is 0 Å². The fourth-order valence-corrected chi connectivity index (χ4v) is 1.86. The van der Waals surface area contributed by atoms with Gasteiger partial charge in [-0.25, -0.2) is 0 Å². The number of aromatic nitrogens is 1. The molecule has 0 aliphatic carbocycles. The first-order valence-electron chi connectivity index (χ1n) is 4.94. The Morgan fingerprint density at radius 1 is 1.11 bits per heavy atom. The zero-order valence-corrected chi connectivity index (χ0v) is 11.2. The molecule has 0 aliphatic rings. The lowest BCUT2D eigenvalue weighted by atomic mass is 10.2. The minimum Gasteiger partial charge on any atom is -0.319 e. The van der Waals surface area contributed by atoms with E-state index in [9.17, 15) is 4.79 Å². The monoisotopic (exact) mass is 300 g/mol. The molecule has 1 aromatic heterocycles. The summed E-state index contributed by atoms with van der Waals surface area (Å²) < 4.78 is 0. The second-order valence-corrected chi connectivity index (χ2v) is 4.68. The molecule has 2 rings (SSSR count). The van der Waals surface area contributed by atoms with Crippen LogP contribution in [0.25, 0.3) is 0 Å². The molecule has 0 aliphatic heterocycles. The van der Waals surface area contributed by atoms with Crippen LogP contribution >= 0.6 is 34.8 Å². The third kappa shape index (κ3) is 2.93. The molecular formula is C12H7Cl3N2O. The molecule has 18 heavy (non-hydrogen) atoms. The van der Waals surface area contributed by atoms with Gasteiger partial charge in [0, 0.05) is 11.2 Å². The molecule has 1 N–H and O–H groups in total. The second kappa shape index (κ2) is 5.57. The van der Waals surface area contributed by atoms with Crippen LogP contribution in [-0.4, -0.2) is 10.9 Å². The summed E-state index contributed by atoms with van der Waals surface area (Å²) >= 11 is 17.7. The Kier molecular flexibility index (Phi) is 4.07. The fraction of sp³-hybridized carbons (Fsp3) is 0. The third-order valence-corrected chi connectivity index (χ3v) is 3.08. The highest BCUT2D eigenvalue weighted by Crippen LogP contribution is 2.24. The van der Waals surface area contributed by atoms with Crippen LogP contribution in [0.5, 0.6) is 0 Å². The summed E-state index contributed by atoms with van der Waals surface area (Å²) in [5, 5.41) is 3.77. The van der Waals surface area contributed by atoms with Crippen LogP contribution in [0.15, 0.2) is 36.7 Å². The van der Waals surface area contributed by atoms with Gasteiger partial charge in [0.05, 0.1) is 27.5 Å². The van der Waals surface area contributed by atoms with Gasteiger partial charge in [0.1, 0.15) is 0 Å². The molecule has 0 unspecified atom stereocenters. The number of carbonyl (C=O) groups excluding carboxylic acids is 1. The van der Waals surface area contributed by atoms with Crippen LogP contribution in [0.4, 0.5) is 5.69 Å². The van der Waals surface area contributed by atoms with Gasteiger partial charge in [-0.2, -0.15) is 0 Å². The highest BCUT2D eigenvalue weighted by Gasteiger charge is 2.12.